The van der Waals surface area contributed by atoms with E-state index in [1.165, 1.54) is 22.4 Å². The lowest BCUT2D eigenvalue weighted by Gasteiger charge is -2.45. The molecule has 0 radical (unpaired) electrons. The molecular formula is C26H34N2O. The molecule has 2 aliphatic rings. The van der Waals surface area contributed by atoms with Gasteiger partial charge in [-0.1, -0.05) is 77.4 Å². The third-order valence-electron chi connectivity index (χ3n) is 6.62. The number of H-pyrrole nitrogens is 1. The molecule has 3 nitrogen and oxygen atoms in total. The summed E-state index contributed by atoms with van der Waals surface area (Å²) in [6, 6.07) is 10.7. The van der Waals surface area contributed by atoms with Crippen molar-refractivity contribution >= 4 is 5.78 Å². The minimum atomic E-state index is -0.397. The van der Waals surface area contributed by atoms with E-state index < -0.39 is 5.41 Å². The number of hydrogen-bond donors (Lipinski definition) is 1. The highest BCUT2D eigenvalue weighted by molar-refractivity contribution is 6.01. The summed E-state index contributed by atoms with van der Waals surface area (Å²) < 4.78 is 0. The summed E-state index contributed by atoms with van der Waals surface area (Å²) in [5.74, 6) is 0.329. The molecule has 0 fully saturated rings. The number of Topliss-reactive ketones (excluding diaryl/α,β-unsaturated/α-hetero) is 1. The van der Waals surface area contributed by atoms with Crippen LogP contribution in [-0.2, 0) is 23.1 Å². The fourth-order valence-electron chi connectivity index (χ4n) is 5.73. The van der Waals surface area contributed by atoms with E-state index in [-0.39, 0.29) is 10.8 Å². The average Bonchev–Trinajstić information content (AvgIpc) is 3.00. The van der Waals surface area contributed by atoms with Crippen molar-refractivity contribution in [2.45, 2.75) is 79.1 Å². The normalized spacial score (nSPS) is 23.7. The average molecular weight is 391 g/mol. The monoisotopic (exact) mass is 390 g/mol. The van der Waals surface area contributed by atoms with Crippen LogP contribution in [0, 0.1) is 10.8 Å². The van der Waals surface area contributed by atoms with E-state index in [0.29, 0.717) is 12.2 Å². The number of allylic oxidation sites excluding steroid dienone is 2. The molecule has 0 spiro atoms. The van der Waals surface area contributed by atoms with Gasteiger partial charge in [-0.05, 0) is 35.7 Å². The molecule has 0 bridgehead atoms. The third kappa shape index (κ3) is 3.29. The highest BCUT2D eigenvalue weighted by Crippen LogP contribution is 2.54. The fourth-order valence-corrected chi connectivity index (χ4v) is 5.73. The Morgan fingerprint density at radius 3 is 2.41 bits per heavy atom. The van der Waals surface area contributed by atoms with Crippen molar-refractivity contribution in [1.82, 2.24) is 10.2 Å². The van der Waals surface area contributed by atoms with Crippen molar-refractivity contribution in [3.8, 4) is 0 Å². The molecule has 1 N–H and O–H groups in total. The second-order valence-corrected chi connectivity index (χ2v) is 11.0. The Morgan fingerprint density at radius 1 is 1.10 bits per heavy atom. The maximum Gasteiger partial charge on any atom is 0.160 e. The van der Waals surface area contributed by atoms with Gasteiger partial charge in [0.25, 0.3) is 0 Å². The van der Waals surface area contributed by atoms with Crippen molar-refractivity contribution in [3.63, 3.8) is 0 Å². The molecule has 1 atom stereocenters. The summed E-state index contributed by atoms with van der Waals surface area (Å²) in [5.41, 5.74) is 6.97. The van der Waals surface area contributed by atoms with Gasteiger partial charge in [0.1, 0.15) is 0 Å². The molecule has 2 aliphatic carbocycles. The number of benzene rings is 1. The van der Waals surface area contributed by atoms with Crippen molar-refractivity contribution in [2.75, 3.05) is 0 Å². The maximum absolute atomic E-state index is 13.6. The molecule has 1 heterocycles. The smallest absolute Gasteiger partial charge is 0.160 e. The molecule has 29 heavy (non-hydrogen) atoms. The largest absolute Gasteiger partial charge is 0.294 e. The Kier molecular flexibility index (Phi) is 4.64. The predicted molar refractivity (Wildman–Crippen MR) is 118 cm³/mol. The molecule has 0 aliphatic heterocycles. The predicted octanol–water partition coefficient (Wildman–Crippen LogP) is 5.94. The third-order valence-corrected chi connectivity index (χ3v) is 6.62. The summed E-state index contributed by atoms with van der Waals surface area (Å²) in [6.45, 7) is 13.4. The Hall–Kier alpha value is -2.16. The van der Waals surface area contributed by atoms with Crippen LogP contribution in [0.1, 0.15) is 83.3 Å². The minimum Gasteiger partial charge on any atom is -0.294 e. The van der Waals surface area contributed by atoms with Crippen LogP contribution in [0.25, 0.3) is 0 Å². The van der Waals surface area contributed by atoms with Crippen LogP contribution in [0.2, 0.25) is 0 Å². The second kappa shape index (κ2) is 6.68. The number of carbonyl (C=O) groups is 1. The Morgan fingerprint density at radius 2 is 1.79 bits per heavy atom. The van der Waals surface area contributed by atoms with Gasteiger partial charge < -0.3 is 0 Å². The number of rotatable bonds is 3. The minimum absolute atomic E-state index is 0.0256. The number of ketones is 1. The quantitative estimate of drug-likeness (QED) is 0.705. The lowest BCUT2D eigenvalue weighted by atomic mass is 9.56. The molecule has 0 saturated carbocycles. The number of nitrogens with zero attached hydrogens (tertiary/aromatic N) is 1. The summed E-state index contributed by atoms with van der Waals surface area (Å²) in [6.07, 6.45) is 4.20. The molecule has 0 saturated heterocycles. The van der Waals surface area contributed by atoms with E-state index in [1.807, 2.05) is 0 Å². The second-order valence-electron chi connectivity index (χ2n) is 11.0. The van der Waals surface area contributed by atoms with Gasteiger partial charge in [-0.3, -0.25) is 9.89 Å². The molecule has 154 valence electrons. The molecule has 1 unspecified atom stereocenters. The van der Waals surface area contributed by atoms with Gasteiger partial charge >= 0.3 is 0 Å². The van der Waals surface area contributed by atoms with Crippen LogP contribution in [0.3, 0.4) is 0 Å². The summed E-state index contributed by atoms with van der Waals surface area (Å²) in [7, 11) is 0. The first-order valence-electron chi connectivity index (χ1n) is 11.0. The van der Waals surface area contributed by atoms with Crippen LogP contribution in [0.15, 0.2) is 41.5 Å². The van der Waals surface area contributed by atoms with Gasteiger partial charge in [0.05, 0.1) is 11.1 Å². The summed E-state index contributed by atoms with van der Waals surface area (Å²) >= 11 is 0. The molecule has 3 heteroatoms. The van der Waals surface area contributed by atoms with Gasteiger partial charge in [-0.15, -0.1) is 0 Å². The van der Waals surface area contributed by atoms with Gasteiger partial charge in [0.15, 0.2) is 5.78 Å². The molecule has 2 aromatic rings. The fraction of sp³-hybridized carbons (Fsp3) is 0.538. The zero-order valence-corrected chi connectivity index (χ0v) is 18.8. The number of carbonyl (C=O) groups excluding carboxylic acids is 1. The zero-order chi connectivity index (χ0) is 21.0. The highest BCUT2D eigenvalue weighted by atomic mass is 16.1. The van der Waals surface area contributed by atoms with E-state index in [9.17, 15) is 4.79 Å². The molecule has 1 aromatic heterocycles. The molecule has 1 aromatic carbocycles. The number of aromatic nitrogens is 2. The van der Waals surface area contributed by atoms with Gasteiger partial charge in [-0.25, -0.2) is 0 Å². The standard InChI is InChI=1S/C26H34N2O/c1-7-26(18-11-9-8-10-12-18)22-17(14-25(5,6)16-21(22)29)13-19-23(26)20(28-27-19)15-24(2,3)4/h8-12H,7,13-16H2,1-6H3,(H,27,28). The number of hydrogen-bond acceptors (Lipinski definition) is 2. The first-order chi connectivity index (χ1) is 13.6. The topological polar surface area (TPSA) is 45.8 Å². The lowest BCUT2D eigenvalue weighted by molar-refractivity contribution is -0.118. The molecular weight excluding hydrogens is 356 g/mol. The number of aromatic amines is 1. The van der Waals surface area contributed by atoms with Gasteiger partial charge in [0, 0.05) is 29.7 Å². The summed E-state index contributed by atoms with van der Waals surface area (Å²) in [4.78, 5) is 13.6. The van der Waals surface area contributed by atoms with Crippen molar-refractivity contribution in [3.05, 3.63) is 64.0 Å². The van der Waals surface area contributed by atoms with Crippen LogP contribution in [-0.4, -0.2) is 16.0 Å². The van der Waals surface area contributed by atoms with Crippen molar-refractivity contribution < 1.29 is 4.79 Å². The Bertz CT molecular complexity index is 972. The van der Waals surface area contributed by atoms with Gasteiger partial charge in [-0.2, -0.15) is 5.10 Å². The van der Waals surface area contributed by atoms with Crippen molar-refractivity contribution in [1.29, 1.82) is 0 Å². The van der Waals surface area contributed by atoms with Gasteiger partial charge in [0.2, 0.25) is 0 Å². The highest BCUT2D eigenvalue weighted by Gasteiger charge is 2.50. The van der Waals surface area contributed by atoms with Crippen LogP contribution < -0.4 is 0 Å². The lowest BCUT2D eigenvalue weighted by Crippen LogP contribution is -2.43. The SMILES string of the molecule is CCC1(c2ccccc2)C2=C(Cc3[nH]nc(CC(C)(C)C)c31)CC(C)(C)CC2=O. The van der Waals surface area contributed by atoms with E-state index in [1.54, 1.807) is 0 Å². The first kappa shape index (κ1) is 20.1. The van der Waals surface area contributed by atoms with E-state index in [2.05, 4.69) is 77.0 Å². The zero-order valence-electron chi connectivity index (χ0n) is 18.8. The maximum atomic E-state index is 13.6. The van der Waals surface area contributed by atoms with Crippen LogP contribution in [0.4, 0.5) is 0 Å². The van der Waals surface area contributed by atoms with E-state index in [0.717, 1.165) is 37.0 Å². The number of fused-ring (bicyclic) bond motifs is 1. The van der Waals surface area contributed by atoms with E-state index >= 15 is 0 Å². The Labute approximate surface area is 175 Å². The van der Waals surface area contributed by atoms with Crippen molar-refractivity contribution in [2.24, 2.45) is 10.8 Å². The molecule has 4 rings (SSSR count). The number of nitrogens with one attached hydrogen (secondary N) is 1. The van der Waals surface area contributed by atoms with E-state index in [4.69, 9.17) is 5.10 Å². The van der Waals surface area contributed by atoms with Crippen LogP contribution in [0.5, 0.6) is 0 Å². The Balaban J connectivity index is 2.02. The van der Waals surface area contributed by atoms with Crippen LogP contribution >= 0.6 is 0 Å². The summed E-state index contributed by atoms with van der Waals surface area (Å²) in [5, 5.41) is 8.20. The first-order valence-corrected chi connectivity index (χ1v) is 11.0. The molecule has 0 amide bonds.